The second-order valence-corrected chi connectivity index (χ2v) is 5.25. The molecule has 3 heteroatoms. The largest absolute Gasteiger partial charge is 0.328 e. The topological polar surface area (TPSA) is 61.8 Å². The van der Waals surface area contributed by atoms with Gasteiger partial charge in [-0.05, 0) is 43.9 Å². The van der Waals surface area contributed by atoms with E-state index >= 15 is 0 Å². The van der Waals surface area contributed by atoms with Gasteiger partial charge in [0, 0.05) is 18.1 Å². The number of rotatable bonds is 3. The van der Waals surface area contributed by atoms with Crippen molar-refractivity contribution in [2.45, 2.75) is 50.7 Å². The Morgan fingerprint density at radius 3 is 2.67 bits per heavy atom. The Bertz CT molecular complexity index is 418. The van der Waals surface area contributed by atoms with Crippen molar-refractivity contribution in [2.24, 2.45) is 5.73 Å². The SMILES string of the molecule is CC(NC1CCCC(N)C1)c1ccc(C#N)cc1. The summed E-state index contributed by atoms with van der Waals surface area (Å²) in [5, 5.41) is 12.4. The van der Waals surface area contributed by atoms with E-state index < -0.39 is 0 Å². The Hall–Kier alpha value is -1.37. The second-order valence-electron chi connectivity index (χ2n) is 5.25. The van der Waals surface area contributed by atoms with Crippen LogP contribution in [0.25, 0.3) is 0 Å². The number of benzene rings is 1. The third-order valence-corrected chi connectivity index (χ3v) is 3.74. The Kier molecular flexibility index (Phi) is 4.35. The molecule has 96 valence electrons. The van der Waals surface area contributed by atoms with Crippen LogP contribution in [-0.4, -0.2) is 12.1 Å². The lowest BCUT2D eigenvalue weighted by atomic mass is 9.90. The van der Waals surface area contributed by atoms with Crippen molar-refractivity contribution in [2.75, 3.05) is 0 Å². The molecule has 0 aliphatic heterocycles. The van der Waals surface area contributed by atoms with Gasteiger partial charge in [0.2, 0.25) is 0 Å². The number of nitrogens with two attached hydrogens (primary N) is 1. The molecule has 0 aromatic heterocycles. The molecule has 1 aromatic carbocycles. The maximum Gasteiger partial charge on any atom is 0.0991 e. The first-order valence-electron chi connectivity index (χ1n) is 6.70. The summed E-state index contributed by atoms with van der Waals surface area (Å²) < 4.78 is 0. The van der Waals surface area contributed by atoms with Crippen LogP contribution in [0.5, 0.6) is 0 Å². The van der Waals surface area contributed by atoms with Crippen molar-refractivity contribution in [3.8, 4) is 6.07 Å². The molecule has 1 saturated carbocycles. The van der Waals surface area contributed by atoms with Crippen LogP contribution in [0, 0.1) is 11.3 Å². The zero-order valence-corrected chi connectivity index (χ0v) is 10.9. The maximum absolute atomic E-state index is 8.78. The molecule has 3 N–H and O–H groups in total. The van der Waals surface area contributed by atoms with E-state index in [9.17, 15) is 0 Å². The summed E-state index contributed by atoms with van der Waals surface area (Å²) in [5.41, 5.74) is 7.94. The summed E-state index contributed by atoms with van der Waals surface area (Å²) in [5.74, 6) is 0. The van der Waals surface area contributed by atoms with Crippen LogP contribution in [-0.2, 0) is 0 Å². The molecule has 2 rings (SSSR count). The van der Waals surface area contributed by atoms with Crippen LogP contribution in [0.2, 0.25) is 0 Å². The third-order valence-electron chi connectivity index (χ3n) is 3.74. The minimum Gasteiger partial charge on any atom is -0.328 e. The van der Waals surface area contributed by atoms with Gasteiger partial charge in [-0.15, -0.1) is 0 Å². The van der Waals surface area contributed by atoms with Crippen LogP contribution < -0.4 is 11.1 Å². The van der Waals surface area contributed by atoms with E-state index in [1.807, 2.05) is 24.3 Å². The molecule has 0 spiro atoms. The van der Waals surface area contributed by atoms with Gasteiger partial charge in [0.05, 0.1) is 11.6 Å². The van der Waals surface area contributed by atoms with E-state index in [2.05, 4.69) is 18.3 Å². The predicted molar refractivity (Wildman–Crippen MR) is 72.9 cm³/mol. The smallest absolute Gasteiger partial charge is 0.0991 e. The lowest BCUT2D eigenvalue weighted by molar-refractivity contribution is 0.319. The number of nitrogens with zero attached hydrogens (tertiary/aromatic N) is 1. The van der Waals surface area contributed by atoms with E-state index in [4.69, 9.17) is 11.0 Å². The van der Waals surface area contributed by atoms with Gasteiger partial charge in [-0.2, -0.15) is 5.26 Å². The minimum atomic E-state index is 0.313. The Balaban J connectivity index is 1.94. The van der Waals surface area contributed by atoms with Gasteiger partial charge in [0.25, 0.3) is 0 Å². The van der Waals surface area contributed by atoms with Crippen molar-refractivity contribution >= 4 is 0 Å². The Morgan fingerprint density at radius 2 is 2.06 bits per heavy atom. The maximum atomic E-state index is 8.78. The average molecular weight is 243 g/mol. The Labute approximate surface area is 109 Å². The molecule has 18 heavy (non-hydrogen) atoms. The van der Waals surface area contributed by atoms with E-state index in [0.717, 1.165) is 12.8 Å². The first kappa shape index (κ1) is 13.1. The summed E-state index contributed by atoms with van der Waals surface area (Å²) in [6, 6.07) is 11.1. The van der Waals surface area contributed by atoms with E-state index in [-0.39, 0.29) is 0 Å². The summed E-state index contributed by atoms with van der Waals surface area (Å²) in [6.45, 7) is 2.17. The van der Waals surface area contributed by atoms with Crippen LogP contribution in [0.15, 0.2) is 24.3 Å². The monoisotopic (exact) mass is 243 g/mol. The first-order chi connectivity index (χ1) is 8.69. The predicted octanol–water partition coefficient (Wildman–Crippen LogP) is 2.48. The summed E-state index contributed by atoms with van der Waals surface area (Å²) in [7, 11) is 0. The summed E-state index contributed by atoms with van der Waals surface area (Å²) in [4.78, 5) is 0. The summed E-state index contributed by atoms with van der Waals surface area (Å²) in [6.07, 6.45) is 4.66. The van der Waals surface area contributed by atoms with E-state index in [1.165, 1.54) is 18.4 Å². The van der Waals surface area contributed by atoms with Crippen LogP contribution >= 0.6 is 0 Å². The van der Waals surface area contributed by atoms with Crippen molar-refractivity contribution in [3.05, 3.63) is 35.4 Å². The molecule has 1 aliphatic rings. The summed E-state index contributed by atoms with van der Waals surface area (Å²) >= 11 is 0. The Morgan fingerprint density at radius 1 is 1.33 bits per heavy atom. The molecular formula is C15H21N3. The van der Waals surface area contributed by atoms with Crippen molar-refractivity contribution in [1.82, 2.24) is 5.32 Å². The van der Waals surface area contributed by atoms with Gasteiger partial charge in [-0.25, -0.2) is 0 Å². The lowest BCUT2D eigenvalue weighted by Crippen LogP contribution is -2.40. The standard InChI is InChI=1S/C15H21N3/c1-11(13-7-5-12(10-16)6-8-13)18-15-4-2-3-14(17)9-15/h5-8,11,14-15,18H,2-4,9,17H2,1H3. The number of nitriles is 1. The van der Waals surface area contributed by atoms with Gasteiger partial charge < -0.3 is 11.1 Å². The zero-order chi connectivity index (χ0) is 13.0. The fourth-order valence-electron chi connectivity index (χ4n) is 2.68. The first-order valence-corrected chi connectivity index (χ1v) is 6.70. The molecule has 0 bridgehead atoms. The highest BCUT2D eigenvalue weighted by Crippen LogP contribution is 2.21. The average Bonchev–Trinajstić information content (AvgIpc) is 2.39. The molecule has 1 fully saturated rings. The van der Waals surface area contributed by atoms with Crippen molar-refractivity contribution in [1.29, 1.82) is 5.26 Å². The number of hydrogen-bond donors (Lipinski definition) is 2. The van der Waals surface area contributed by atoms with Crippen molar-refractivity contribution in [3.63, 3.8) is 0 Å². The minimum absolute atomic E-state index is 0.313. The quantitative estimate of drug-likeness (QED) is 0.857. The van der Waals surface area contributed by atoms with Crippen LogP contribution in [0.1, 0.15) is 49.8 Å². The molecule has 3 nitrogen and oxygen atoms in total. The van der Waals surface area contributed by atoms with Crippen molar-refractivity contribution < 1.29 is 0 Å². The van der Waals surface area contributed by atoms with Gasteiger partial charge in [0.15, 0.2) is 0 Å². The molecule has 3 unspecified atom stereocenters. The molecule has 0 saturated heterocycles. The van der Waals surface area contributed by atoms with Gasteiger partial charge in [0.1, 0.15) is 0 Å². The second kappa shape index (κ2) is 5.99. The molecule has 0 amide bonds. The molecule has 0 heterocycles. The lowest BCUT2D eigenvalue weighted by Gasteiger charge is -2.30. The fourth-order valence-corrected chi connectivity index (χ4v) is 2.68. The highest BCUT2D eigenvalue weighted by atomic mass is 15.0. The van der Waals surface area contributed by atoms with E-state index in [0.29, 0.717) is 23.7 Å². The number of nitrogens with one attached hydrogen (secondary N) is 1. The molecule has 0 radical (unpaired) electrons. The highest BCUT2D eigenvalue weighted by molar-refractivity contribution is 5.32. The van der Waals surface area contributed by atoms with Gasteiger partial charge in [-0.1, -0.05) is 18.6 Å². The molecule has 1 aliphatic carbocycles. The fraction of sp³-hybridized carbons (Fsp3) is 0.533. The van der Waals surface area contributed by atoms with Gasteiger partial charge >= 0.3 is 0 Å². The van der Waals surface area contributed by atoms with Gasteiger partial charge in [-0.3, -0.25) is 0 Å². The van der Waals surface area contributed by atoms with E-state index in [1.54, 1.807) is 0 Å². The molecule has 1 aromatic rings. The highest BCUT2D eigenvalue weighted by Gasteiger charge is 2.20. The number of hydrogen-bond acceptors (Lipinski definition) is 3. The zero-order valence-electron chi connectivity index (χ0n) is 10.9. The third kappa shape index (κ3) is 3.32. The van der Waals surface area contributed by atoms with Crippen LogP contribution in [0.3, 0.4) is 0 Å². The van der Waals surface area contributed by atoms with Crippen LogP contribution in [0.4, 0.5) is 0 Å². The molecular weight excluding hydrogens is 222 g/mol. The normalized spacial score (nSPS) is 25.4. The molecule has 3 atom stereocenters.